The molecule has 2 saturated carbocycles. The van der Waals surface area contributed by atoms with E-state index in [1.807, 2.05) is 0 Å². The minimum absolute atomic E-state index is 0.363. The summed E-state index contributed by atoms with van der Waals surface area (Å²) in [5.74, 6) is 1.03. The van der Waals surface area contributed by atoms with Crippen LogP contribution in [0.2, 0.25) is 0 Å². The van der Waals surface area contributed by atoms with Crippen LogP contribution in [0.3, 0.4) is 0 Å². The van der Waals surface area contributed by atoms with E-state index in [-0.39, 0.29) is 0 Å². The Morgan fingerprint density at radius 3 is 2.33 bits per heavy atom. The van der Waals surface area contributed by atoms with E-state index in [4.69, 9.17) is 0 Å². The molecule has 2 aliphatic carbocycles. The Labute approximate surface area is 130 Å². The van der Waals surface area contributed by atoms with Crippen molar-refractivity contribution >= 4 is 0 Å². The zero-order valence-corrected chi connectivity index (χ0v) is 13.7. The monoisotopic (exact) mass is 294 g/mol. The van der Waals surface area contributed by atoms with Crippen LogP contribution in [0.5, 0.6) is 0 Å². The van der Waals surface area contributed by atoms with Crippen LogP contribution in [-0.2, 0) is 0 Å². The smallest absolute Gasteiger partial charge is 0.0436 e. The molecular formula is C18H34N2O. The van der Waals surface area contributed by atoms with Crippen LogP contribution in [0, 0.1) is 11.3 Å². The average Bonchev–Trinajstić information content (AvgIpc) is 3.32. The highest BCUT2D eigenvalue weighted by molar-refractivity contribution is 4.88. The van der Waals surface area contributed by atoms with Crippen LogP contribution in [0.4, 0.5) is 0 Å². The van der Waals surface area contributed by atoms with E-state index in [9.17, 15) is 5.11 Å². The summed E-state index contributed by atoms with van der Waals surface area (Å²) in [5, 5.41) is 13.3. The maximum atomic E-state index is 9.41. The summed E-state index contributed by atoms with van der Waals surface area (Å²) in [7, 11) is 0. The van der Waals surface area contributed by atoms with E-state index >= 15 is 0 Å². The zero-order chi connectivity index (χ0) is 14.5. The Balaban J connectivity index is 1.39. The predicted molar refractivity (Wildman–Crippen MR) is 87.4 cm³/mol. The van der Waals surface area contributed by atoms with Crippen molar-refractivity contribution < 1.29 is 5.11 Å². The van der Waals surface area contributed by atoms with Gasteiger partial charge in [-0.3, -0.25) is 0 Å². The van der Waals surface area contributed by atoms with Crippen molar-refractivity contribution in [2.75, 3.05) is 32.8 Å². The minimum atomic E-state index is 0.363. The van der Waals surface area contributed by atoms with Gasteiger partial charge in [-0.05, 0) is 69.4 Å². The molecule has 1 saturated heterocycles. The predicted octanol–water partition coefficient (Wildman–Crippen LogP) is 2.78. The summed E-state index contributed by atoms with van der Waals surface area (Å²) in [6.45, 7) is 5.45. The van der Waals surface area contributed by atoms with Gasteiger partial charge < -0.3 is 15.3 Å². The molecule has 21 heavy (non-hydrogen) atoms. The van der Waals surface area contributed by atoms with E-state index in [1.54, 1.807) is 0 Å². The first-order valence-corrected chi connectivity index (χ1v) is 9.36. The fourth-order valence-corrected chi connectivity index (χ4v) is 4.40. The van der Waals surface area contributed by atoms with Crippen LogP contribution in [-0.4, -0.2) is 48.8 Å². The summed E-state index contributed by atoms with van der Waals surface area (Å²) in [5.41, 5.74) is 0.401. The third-order valence-electron chi connectivity index (χ3n) is 6.12. The van der Waals surface area contributed by atoms with Gasteiger partial charge in [0.1, 0.15) is 0 Å². The normalized spacial score (nSPS) is 27.9. The van der Waals surface area contributed by atoms with Crippen LogP contribution in [0.15, 0.2) is 0 Å². The second kappa shape index (κ2) is 7.43. The molecular weight excluding hydrogens is 260 g/mol. The summed E-state index contributed by atoms with van der Waals surface area (Å²) in [4.78, 5) is 2.68. The van der Waals surface area contributed by atoms with Gasteiger partial charge in [-0.1, -0.05) is 19.3 Å². The number of likely N-dealkylation sites (tertiary alicyclic amines) is 1. The van der Waals surface area contributed by atoms with Crippen molar-refractivity contribution in [2.24, 2.45) is 11.3 Å². The van der Waals surface area contributed by atoms with Crippen molar-refractivity contribution in [1.82, 2.24) is 10.2 Å². The Hall–Kier alpha value is -0.120. The summed E-state index contributed by atoms with van der Waals surface area (Å²) in [6, 6.07) is 0.720. The van der Waals surface area contributed by atoms with Gasteiger partial charge >= 0.3 is 0 Å². The van der Waals surface area contributed by atoms with Gasteiger partial charge in [0, 0.05) is 25.7 Å². The number of piperidine rings is 1. The van der Waals surface area contributed by atoms with E-state index in [0.717, 1.165) is 24.9 Å². The Bertz CT molecular complexity index is 297. The lowest BCUT2D eigenvalue weighted by molar-refractivity contribution is 0.113. The molecule has 0 amide bonds. The Kier molecular flexibility index (Phi) is 5.58. The number of aliphatic hydroxyl groups excluding tert-OH is 1. The fraction of sp³-hybridized carbons (Fsp3) is 1.00. The van der Waals surface area contributed by atoms with Crippen molar-refractivity contribution in [2.45, 2.75) is 70.3 Å². The van der Waals surface area contributed by atoms with E-state index in [2.05, 4.69) is 10.2 Å². The number of aliphatic hydroxyl groups is 1. The molecule has 0 spiro atoms. The maximum Gasteiger partial charge on any atom is 0.0436 e. The summed E-state index contributed by atoms with van der Waals surface area (Å²) >= 11 is 0. The zero-order valence-electron chi connectivity index (χ0n) is 13.7. The largest absolute Gasteiger partial charge is 0.396 e. The van der Waals surface area contributed by atoms with Crippen LogP contribution >= 0.6 is 0 Å². The average molecular weight is 294 g/mol. The van der Waals surface area contributed by atoms with Crippen molar-refractivity contribution in [3.05, 3.63) is 0 Å². The van der Waals surface area contributed by atoms with Crippen molar-refractivity contribution in [3.8, 4) is 0 Å². The molecule has 3 nitrogen and oxygen atoms in total. The third-order valence-corrected chi connectivity index (χ3v) is 6.12. The maximum absolute atomic E-state index is 9.41. The molecule has 0 radical (unpaired) electrons. The van der Waals surface area contributed by atoms with Crippen molar-refractivity contribution in [1.29, 1.82) is 0 Å². The molecule has 0 bridgehead atoms. The second-order valence-electron chi connectivity index (χ2n) is 7.93. The van der Waals surface area contributed by atoms with Gasteiger partial charge in [-0.25, -0.2) is 0 Å². The van der Waals surface area contributed by atoms with Crippen LogP contribution < -0.4 is 5.32 Å². The molecule has 0 aromatic carbocycles. The Morgan fingerprint density at radius 1 is 1.00 bits per heavy atom. The van der Waals surface area contributed by atoms with Crippen molar-refractivity contribution in [3.63, 3.8) is 0 Å². The van der Waals surface area contributed by atoms with Gasteiger partial charge in [-0.2, -0.15) is 0 Å². The summed E-state index contributed by atoms with van der Waals surface area (Å²) < 4.78 is 0. The molecule has 1 aliphatic heterocycles. The molecule has 0 aromatic heterocycles. The molecule has 3 aliphatic rings. The number of rotatable bonds is 7. The van der Waals surface area contributed by atoms with Gasteiger partial charge in [0.15, 0.2) is 0 Å². The standard InChI is InChI=1S/C18H34N2O/c21-13-10-18(8-2-1-3-9-18)15-19-17-6-11-20(12-7-17)14-16-4-5-16/h16-17,19,21H,1-15H2. The quantitative estimate of drug-likeness (QED) is 0.758. The number of hydrogen-bond donors (Lipinski definition) is 2. The lowest BCUT2D eigenvalue weighted by Gasteiger charge is -2.40. The summed E-state index contributed by atoms with van der Waals surface area (Å²) in [6.07, 6.45) is 13.4. The van der Waals surface area contributed by atoms with Gasteiger partial charge in [0.2, 0.25) is 0 Å². The lowest BCUT2D eigenvalue weighted by Crippen LogP contribution is -2.47. The minimum Gasteiger partial charge on any atom is -0.396 e. The van der Waals surface area contributed by atoms with Gasteiger partial charge in [-0.15, -0.1) is 0 Å². The molecule has 122 valence electrons. The molecule has 3 rings (SSSR count). The number of nitrogens with zero attached hydrogens (tertiary/aromatic N) is 1. The fourth-order valence-electron chi connectivity index (χ4n) is 4.40. The molecule has 3 fully saturated rings. The highest BCUT2D eigenvalue weighted by Crippen LogP contribution is 2.38. The number of hydrogen-bond acceptors (Lipinski definition) is 3. The van der Waals surface area contributed by atoms with E-state index in [0.29, 0.717) is 12.0 Å². The van der Waals surface area contributed by atoms with Gasteiger partial charge in [0.25, 0.3) is 0 Å². The second-order valence-corrected chi connectivity index (χ2v) is 7.93. The first-order chi connectivity index (χ1) is 10.3. The topological polar surface area (TPSA) is 35.5 Å². The third kappa shape index (κ3) is 4.67. The van der Waals surface area contributed by atoms with E-state index in [1.165, 1.54) is 77.4 Å². The molecule has 0 aromatic rings. The SMILES string of the molecule is OCCC1(CNC2CCN(CC3CC3)CC2)CCCCC1. The van der Waals surface area contributed by atoms with Gasteiger partial charge in [0.05, 0.1) is 0 Å². The van der Waals surface area contributed by atoms with E-state index < -0.39 is 0 Å². The molecule has 3 heteroatoms. The van der Waals surface area contributed by atoms with Crippen LogP contribution in [0.1, 0.15) is 64.2 Å². The molecule has 1 heterocycles. The first kappa shape index (κ1) is 15.8. The highest BCUT2D eigenvalue weighted by atomic mass is 16.3. The number of nitrogens with one attached hydrogen (secondary N) is 1. The lowest BCUT2D eigenvalue weighted by atomic mass is 9.71. The highest BCUT2D eigenvalue weighted by Gasteiger charge is 2.33. The van der Waals surface area contributed by atoms with Crippen LogP contribution in [0.25, 0.3) is 0 Å². The molecule has 0 atom stereocenters. The molecule has 0 unspecified atom stereocenters. The molecule has 2 N–H and O–H groups in total. The Morgan fingerprint density at radius 2 is 1.71 bits per heavy atom. The first-order valence-electron chi connectivity index (χ1n) is 9.36.